The normalized spacial score (nSPS) is 17.9. The predicted octanol–water partition coefficient (Wildman–Crippen LogP) is 7.88. The minimum absolute atomic E-state index is 0.108. The van der Waals surface area contributed by atoms with Gasteiger partial charge in [0.15, 0.2) is 5.69 Å². The molecule has 2 aliphatic carbocycles. The number of aryl methyl sites for hydroxylation is 1. The molecule has 7 nitrogen and oxygen atoms in total. The maximum Gasteiger partial charge on any atom is 0.354 e. The second kappa shape index (κ2) is 10.8. The smallest absolute Gasteiger partial charge is 0.354 e. The maximum absolute atomic E-state index is 12.9. The summed E-state index contributed by atoms with van der Waals surface area (Å²) in [6.45, 7) is 3.05. The fourth-order valence-electron chi connectivity index (χ4n) is 6.69. The molecule has 9 heteroatoms. The number of pyridine rings is 1. The molecule has 3 heterocycles. The second-order valence-corrected chi connectivity index (χ2v) is 12.3. The molecule has 0 atom stereocenters. The molecule has 1 N–H and O–H groups in total. The number of piperidine rings is 1. The Morgan fingerprint density at radius 1 is 1.16 bits per heavy atom. The lowest BCUT2D eigenvalue weighted by Gasteiger charge is -2.50. The van der Waals surface area contributed by atoms with Crippen LogP contribution in [0.2, 0.25) is 0 Å². The number of hydrogen-bond acceptors (Lipinski definition) is 6. The lowest BCUT2D eigenvalue weighted by Crippen LogP contribution is -2.44. The average Bonchev–Trinajstić information content (AvgIpc) is 3.75. The topological polar surface area (TPSA) is 88.7 Å². The van der Waals surface area contributed by atoms with Crippen LogP contribution >= 0.6 is 0 Å². The monoisotopic (exact) mass is 585 g/mol. The van der Waals surface area contributed by atoms with Crippen LogP contribution in [-0.2, 0) is 0 Å². The van der Waals surface area contributed by atoms with Gasteiger partial charge in [-0.1, -0.05) is 35.0 Å². The van der Waals surface area contributed by atoms with Crippen LogP contribution in [0.4, 0.5) is 14.5 Å². The van der Waals surface area contributed by atoms with Crippen molar-refractivity contribution in [2.24, 2.45) is 5.41 Å². The van der Waals surface area contributed by atoms with E-state index in [1.165, 1.54) is 17.2 Å². The van der Waals surface area contributed by atoms with Crippen LogP contribution in [0.1, 0.15) is 71.8 Å². The molecule has 43 heavy (non-hydrogen) atoms. The molecule has 2 aromatic carbocycles. The number of halogens is 2. The van der Waals surface area contributed by atoms with E-state index in [1.54, 1.807) is 6.07 Å². The molecular formula is C34H33F2N3O4. The van der Waals surface area contributed by atoms with Crippen molar-refractivity contribution in [1.29, 1.82) is 0 Å². The number of hydrogen-bond donors (Lipinski definition) is 1. The Hall–Kier alpha value is -4.27. The zero-order chi connectivity index (χ0) is 29.7. The highest BCUT2D eigenvalue weighted by Gasteiger charge is 2.43. The standard InChI is InChI=1S/C34H33F2N3O4/c1-20-4-2-3-5-24(20)31-26(32(43-38-31)22-6-7-22)14-21-17-34(18-21)10-12-39(13-11-34)23-8-9-27-25(15-23)29(42-19-30(35)36)16-28(37-27)33(40)41/h2-5,8-9,14-16,22,30H,6-7,10-13,17-19H2,1H3,(H,40,41). The summed E-state index contributed by atoms with van der Waals surface area (Å²) in [6, 6.07) is 15.1. The first kappa shape index (κ1) is 27.6. The van der Waals surface area contributed by atoms with Crippen LogP contribution in [0.3, 0.4) is 0 Å². The maximum atomic E-state index is 12.9. The average molecular weight is 586 g/mol. The Labute approximate surface area is 248 Å². The van der Waals surface area contributed by atoms with Gasteiger partial charge in [0.25, 0.3) is 6.43 Å². The highest BCUT2D eigenvalue weighted by Crippen LogP contribution is 2.54. The van der Waals surface area contributed by atoms with E-state index in [1.807, 2.05) is 24.3 Å². The number of fused-ring (bicyclic) bond motifs is 1. The first-order valence-corrected chi connectivity index (χ1v) is 14.9. The fraction of sp³-hybridized carbons (Fsp3) is 0.382. The zero-order valence-electron chi connectivity index (χ0n) is 24.0. The molecule has 2 aromatic heterocycles. The van der Waals surface area contributed by atoms with Crippen molar-refractivity contribution in [2.75, 3.05) is 24.6 Å². The molecule has 3 aliphatic rings. The van der Waals surface area contributed by atoms with Gasteiger partial charge in [-0.3, -0.25) is 0 Å². The first-order chi connectivity index (χ1) is 20.8. The molecule has 0 radical (unpaired) electrons. The van der Waals surface area contributed by atoms with E-state index in [9.17, 15) is 18.7 Å². The molecule has 0 unspecified atom stereocenters. The number of allylic oxidation sites excluding steroid dienone is 1. The van der Waals surface area contributed by atoms with E-state index in [4.69, 9.17) is 9.26 Å². The van der Waals surface area contributed by atoms with Crippen LogP contribution in [0.15, 0.2) is 58.6 Å². The summed E-state index contributed by atoms with van der Waals surface area (Å²) in [5.74, 6) is 0.377. The Kier molecular flexibility index (Phi) is 6.91. The van der Waals surface area contributed by atoms with Crippen molar-refractivity contribution in [3.63, 3.8) is 0 Å². The quantitative estimate of drug-likeness (QED) is 0.225. The number of nitrogens with zero attached hydrogens (tertiary/aromatic N) is 3. The van der Waals surface area contributed by atoms with Crippen LogP contribution in [-0.4, -0.2) is 47.3 Å². The molecule has 222 valence electrons. The summed E-state index contributed by atoms with van der Waals surface area (Å²) < 4.78 is 37.0. The van der Waals surface area contributed by atoms with Gasteiger partial charge in [0.2, 0.25) is 0 Å². The lowest BCUT2D eigenvalue weighted by molar-refractivity contribution is 0.0689. The van der Waals surface area contributed by atoms with Crippen molar-refractivity contribution in [3.8, 4) is 17.0 Å². The van der Waals surface area contributed by atoms with E-state index < -0.39 is 19.0 Å². The van der Waals surface area contributed by atoms with Gasteiger partial charge in [-0.05, 0) is 80.7 Å². The van der Waals surface area contributed by atoms with Crippen LogP contribution in [0, 0.1) is 12.3 Å². The number of anilines is 1. The number of ether oxygens (including phenoxy) is 1. The molecule has 1 saturated heterocycles. The van der Waals surface area contributed by atoms with E-state index in [0.29, 0.717) is 16.8 Å². The third-order valence-electron chi connectivity index (χ3n) is 9.18. The van der Waals surface area contributed by atoms with Gasteiger partial charge in [0.1, 0.15) is 23.8 Å². The van der Waals surface area contributed by atoms with Gasteiger partial charge >= 0.3 is 5.97 Å². The number of aromatic nitrogens is 2. The molecule has 7 rings (SSSR count). The van der Waals surface area contributed by atoms with Gasteiger partial charge in [0.05, 0.1) is 5.52 Å². The van der Waals surface area contributed by atoms with Gasteiger partial charge in [-0.25, -0.2) is 18.6 Å². The Bertz CT molecular complexity index is 1720. The van der Waals surface area contributed by atoms with E-state index in [0.717, 1.165) is 79.9 Å². The van der Waals surface area contributed by atoms with Crippen molar-refractivity contribution in [2.45, 2.75) is 57.8 Å². The van der Waals surface area contributed by atoms with Crippen LogP contribution < -0.4 is 9.64 Å². The molecule has 1 aliphatic heterocycles. The number of carboxylic acids is 1. The van der Waals surface area contributed by atoms with Crippen molar-refractivity contribution in [1.82, 2.24) is 10.1 Å². The van der Waals surface area contributed by atoms with E-state index in [2.05, 4.69) is 40.2 Å². The van der Waals surface area contributed by atoms with Crippen LogP contribution in [0.25, 0.3) is 28.2 Å². The van der Waals surface area contributed by atoms with Crippen molar-refractivity contribution in [3.05, 3.63) is 76.7 Å². The highest BCUT2D eigenvalue weighted by molar-refractivity contribution is 5.94. The van der Waals surface area contributed by atoms with Crippen LogP contribution in [0.5, 0.6) is 5.75 Å². The minimum Gasteiger partial charge on any atom is -0.487 e. The second-order valence-electron chi connectivity index (χ2n) is 12.3. The largest absolute Gasteiger partial charge is 0.487 e. The van der Waals surface area contributed by atoms with E-state index in [-0.39, 0.29) is 16.9 Å². The molecule has 1 spiro atoms. The molecule has 0 amide bonds. The van der Waals surface area contributed by atoms with Gasteiger partial charge < -0.3 is 19.3 Å². The predicted molar refractivity (Wildman–Crippen MR) is 160 cm³/mol. The molecule has 4 aromatic rings. The van der Waals surface area contributed by atoms with Gasteiger partial charge in [-0.15, -0.1) is 0 Å². The number of aromatic carboxylic acids is 1. The Morgan fingerprint density at radius 3 is 2.63 bits per heavy atom. The summed E-state index contributed by atoms with van der Waals surface area (Å²) in [4.78, 5) is 18.0. The third-order valence-corrected chi connectivity index (χ3v) is 9.18. The summed E-state index contributed by atoms with van der Waals surface area (Å²) >= 11 is 0. The lowest BCUT2D eigenvalue weighted by atomic mass is 9.60. The molecule has 0 bridgehead atoms. The molecular weight excluding hydrogens is 552 g/mol. The fourth-order valence-corrected chi connectivity index (χ4v) is 6.69. The third kappa shape index (κ3) is 5.37. The number of carbonyl (C=O) groups is 1. The molecule has 3 fully saturated rings. The van der Waals surface area contributed by atoms with Crippen molar-refractivity contribution < 1.29 is 27.9 Å². The number of alkyl halides is 2. The number of rotatable bonds is 8. The first-order valence-electron chi connectivity index (χ1n) is 14.9. The van der Waals surface area contributed by atoms with Gasteiger partial charge in [0, 0.05) is 47.3 Å². The zero-order valence-corrected chi connectivity index (χ0v) is 24.0. The minimum atomic E-state index is -2.67. The summed E-state index contributed by atoms with van der Waals surface area (Å²) in [7, 11) is 0. The summed E-state index contributed by atoms with van der Waals surface area (Å²) in [5, 5.41) is 14.5. The Balaban J connectivity index is 1.07. The Morgan fingerprint density at radius 2 is 1.93 bits per heavy atom. The molecule has 2 saturated carbocycles. The van der Waals surface area contributed by atoms with Gasteiger partial charge in [-0.2, -0.15) is 0 Å². The van der Waals surface area contributed by atoms with E-state index >= 15 is 0 Å². The number of carboxylic acid groups (broad SMARTS) is 1. The SMILES string of the molecule is Cc1ccccc1-c1noc(C2CC2)c1C=C1CC2(CCN(c3ccc4nc(C(=O)O)cc(OCC(F)F)c4c3)CC2)C1. The summed E-state index contributed by atoms with van der Waals surface area (Å²) in [5.41, 5.74) is 7.25. The van der Waals surface area contributed by atoms with Crippen molar-refractivity contribution >= 4 is 28.6 Å². The highest BCUT2D eigenvalue weighted by atomic mass is 19.3. The summed E-state index contributed by atoms with van der Waals surface area (Å²) in [6.07, 6.45) is 6.22. The number of benzene rings is 2.